The Labute approximate surface area is 177 Å². The number of fused-ring (bicyclic) bond motifs is 1. The van der Waals surface area contributed by atoms with Crippen LogP contribution in [0.15, 0.2) is 53.8 Å². The topological polar surface area (TPSA) is 105 Å². The van der Waals surface area contributed by atoms with E-state index in [1.165, 1.54) is 18.6 Å². The van der Waals surface area contributed by atoms with Crippen molar-refractivity contribution in [3.8, 4) is 5.75 Å². The summed E-state index contributed by atoms with van der Waals surface area (Å²) in [5, 5.41) is 5.83. The largest absolute Gasteiger partial charge is 0.495 e. The maximum absolute atomic E-state index is 12.8. The molecule has 9 heteroatoms. The van der Waals surface area contributed by atoms with Crippen molar-refractivity contribution in [3.63, 3.8) is 0 Å². The summed E-state index contributed by atoms with van der Waals surface area (Å²) in [6, 6.07) is 9.59. The van der Waals surface area contributed by atoms with E-state index in [0.29, 0.717) is 33.6 Å². The highest BCUT2D eigenvalue weighted by atomic mass is 32.1. The van der Waals surface area contributed by atoms with E-state index >= 15 is 0 Å². The zero-order valence-electron chi connectivity index (χ0n) is 16.4. The van der Waals surface area contributed by atoms with E-state index in [9.17, 15) is 14.4 Å². The fourth-order valence-electron chi connectivity index (χ4n) is 2.97. The molecular formula is C21H20N4O4S. The number of nitrogens with zero attached hydrogens (tertiary/aromatic N) is 1. The molecule has 0 bridgehead atoms. The predicted molar refractivity (Wildman–Crippen MR) is 119 cm³/mol. The molecule has 3 N–H and O–H groups in total. The molecule has 2 amide bonds. The van der Waals surface area contributed by atoms with Crippen molar-refractivity contribution < 1.29 is 14.3 Å². The summed E-state index contributed by atoms with van der Waals surface area (Å²) in [5.41, 5.74) is 1.43. The molecule has 0 fully saturated rings. The summed E-state index contributed by atoms with van der Waals surface area (Å²) < 4.78 is 6.92. The van der Waals surface area contributed by atoms with Crippen LogP contribution in [0, 0.1) is 4.77 Å². The van der Waals surface area contributed by atoms with Crippen LogP contribution in [0.3, 0.4) is 0 Å². The van der Waals surface area contributed by atoms with Crippen LogP contribution in [-0.4, -0.2) is 28.5 Å². The number of hydrogen-bond donors (Lipinski definition) is 3. The second kappa shape index (κ2) is 8.75. The summed E-state index contributed by atoms with van der Waals surface area (Å²) in [5.74, 6) is -0.209. The monoisotopic (exact) mass is 424 g/mol. The fourth-order valence-corrected chi connectivity index (χ4v) is 3.24. The number of carbonyl (C=O) groups excluding carboxylic acids is 2. The van der Waals surface area contributed by atoms with Crippen molar-refractivity contribution in [3.05, 3.63) is 69.7 Å². The van der Waals surface area contributed by atoms with Gasteiger partial charge in [-0.1, -0.05) is 6.08 Å². The Balaban J connectivity index is 1.97. The minimum atomic E-state index is -0.412. The molecule has 2 aromatic carbocycles. The summed E-state index contributed by atoms with van der Waals surface area (Å²) in [6.45, 7) is 5.31. The van der Waals surface area contributed by atoms with Gasteiger partial charge in [0.05, 0.1) is 23.7 Å². The van der Waals surface area contributed by atoms with Crippen LogP contribution in [0.25, 0.3) is 10.9 Å². The molecular weight excluding hydrogens is 404 g/mol. The molecule has 0 saturated carbocycles. The molecule has 8 nitrogen and oxygen atoms in total. The van der Waals surface area contributed by atoms with Crippen LogP contribution in [0.5, 0.6) is 5.75 Å². The number of rotatable bonds is 6. The molecule has 0 aliphatic heterocycles. The van der Waals surface area contributed by atoms with Crippen molar-refractivity contribution >= 4 is 46.3 Å². The van der Waals surface area contributed by atoms with Crippen molar-refractivity contribution in [2.75, 3.05) is 17.7 Å². The molecule has 3 aromatic rings. The number of aromatic nitrogens is 2. The van der Waals surface area contributed by atoms with E-state index in [2.05, 4.69) is 22.2 Å². The van der Waals surface area contributed by atoms with Crippen LogP contribution < -0.4 is 20.9 Å². The SMILES string of the molecule is C=CCn1c(=S)[nH]c2cc(C(=O)Nc3cc(NC(C)=O)ccc3OC)ccc2c1=O. The third-order valence-electron chi connectivity index (χ3n) is 4.32. The van der Waals surface area contributed by atoms with Crippen molar-refractivity contribution in [1.29, 1.82) is 0 Å². The first-order valence-corrected chi connectivity index (χ1v) is 9.39. The van der Waals surface area contributed by atoms with Gasteiger partial charge in [-0.05, 0) is 48.6 Å². The van der Waals surface area contributed by atoms with Crippen LogP contribution in [0.1, 0.15) is 17.3 Å². The molecule has 0 atom stereocenters. The Morgan fingerprint density at radius 2 is 2.00 bits per heavy atom. The minimum absolute atomic E-state index is 0.232. The molecule has 0 radical (unpaired) electrons. The van der Waals surface area contributed by atoms with Gasteiger partial charge in [-0.3, -0.25) is 19.0 Å². The Hall–Kier alpha value is -3.72. The normalized spacial score (nSPS) is 10.5. The van der Waals surface area contributed by atoms with Gasteiger partial charge in [0.25, 0.3) is 11.5 Å². The van der Waals surface area contributed by atoms with Gasteiger partial charge in [0.15, 0.2) is 4.77 Å². The lowest BCUT2D eigenvalue weighted by atomic mass is 10.1. The quantitative estimate of drug-likeness (QED) is 0.415. The van der Waals surface area contributed by atoms with Crippen molar-refractivity contribution in [2.24, 2.45) is 0 Å². The van der Waals surface area contributed by atoms with Crippen LogP contribution >= 0.6 is 12.2 Å². The number of carbonyl (C=O) groups is 2. The molecule has 3 rings (SSSR count). The van der Waals surface area contributed by atoms with Crippen LogP contribution in [-0.2, 0) is 11.3 Å². The number of aromatic amines is 1. The Bertz CT molecular complexity index is 1280. The number of amides is 2. The van der Waals surface area contributed by atoms with Gasteiger partial charge in [0, 0.05) is 24.7 Å². The smallest absolute Gasteiger partial charge is 0.262 e. The number of benzene rings is 2. The summed E-state index contributed by atoms with van der Waals surface area (Å²) in [6.07, 6.45) is 1.58. The molecule has 30 heavy (non-hydrogen) atoms. The number of methoxy groups -OCH3 is 1. The first kappa shape index (κ1) is 21.0. The standard InChI is InChI=1S/C21H20N4O4S/c1-4-9-25-20(28)15-7-5-13(10-16(15)24-21(25)30)19(27)23-17-11-14(22-12(2)26)6-8-18(17)29-3/h4-8,10-11H,1,9H2,2-3H3,(H,22,26)(H,23,27)(H,24,30). The predicted octanol–water partition coefficient (Wildman–Crippen LogP) is 3.46. The lowest BCUT2D eigenvalue weighted by Gasteiger charge is -2.13. The van der Waals surface area contributed by atoms with Gasteiger partial charge in [-0.15, -0.1) is 6.58 Å². The van der Waals surface area contributed by atoms with E-state index in [1.54, 1.807) is 42.5 Å². The van der Waals surface area contributed by atoms with E-state index in [1.807, 2.05) is 0 Å². The lowest BCUT2D eigenvalue weighted by Crippen LogP contribution is -2.22. The van der Waals surface area contributed by atoms with Crippen LogP contribution in [0.4, 0.5) is 11.4 Å². The number of H-pyrrole nitrogens is 1. The van der Waals surface area contributed by atoms with E-state index in [4.69, 9.17) is 17.0 Å². The number of nitrogens with one attached hydrogen (secondary N) is 3. The number of ether oxygens (including phenoxy) is 1. The molecule has 0 aliphatic rings. The lowest BCUT2D eigenvalue weighted by molar-refractivity contribution is -0.114. The fraction of sp³-hybridized carbons (Fsp3) is 0.143. The average Bonchev–Trinajstić information content (AvgIpc) is 2.70. The molecule has 1 aromatic heterocycles. The maximum atomic E-state index is 12.8. The van der Waals surface area contributed by atoms with Gasteiger partial charge in [-0.25, -0.2) is 0 Å². The zero-order valence-corrected chi connectivity index (χ0v) is 17.3. The molecule has 0 unspecified atom stereocenters. The second-order valence-electron chi connectivity index (χ2n) is 6.45. The third-order valence-corrected chi connectivity index (χ3v) is 4.65. The number of allylic oxidation sites excluding steroid dienone is 1. The maximum Gasteiger partial charge on any atom is 0.262 e. The van der Waals surface area contributed by atoms with E-state index in [0.717, 1.165) is 0 Å². The summed E-state index contributed by atoms with van der Waals surface area (Å²) >= 11 is 5.24. The third kappa shape index (κ3) is 4.31. The Kier molecular flexibility index (Phi) is 6.12. The van der Waals surface area contributed by atoms with Gasteiger partial charge in [-0.2, -0.15) is 0 Å². The average molecular weight is 424 g/mol. The van der Waals surface area contributed by atoms with Gasteiger partial charge < -0.3 is 20.4 Å². The first-order chi connectivity index (χ1) is 14.3. The second-order valence-corrected chi connectivity index (χ2v) is 6.83. The summed E-state index contributed by atoms with van der Waals surface area (Å²) in [4.78, 5) is 39.7. The van der Waals surface area contributed by atoms with Crippen LogP contribution in [0.2, 0.25) is 0 Å². The van der Waals surface area contributed by atoms with Crippen molar-refractivity contribution in [2.45, 2.75) is 13.5 Å². The minimum Gasteiger partial charge on any atom is -0.495 e. The van der Waals surface area contributed by atoms with E-state index in [-0.39, 0.29) is 22.8 Å². The highest BCUT2D eigenvalue weighted by molar-refractivity contribution is 7.71. The molecule has 154 valence electrons. The molecule has 0 aliphatic carbocycles. The molecule has 1 heterocycles. The van der Waals surface area contributed by atoms with Gasteiger partial charge in [0.1, 0.15) is 5.75 Å². The number of anilines is 2. The summed E-state index contributed by atoms with van der Waals surface area (Å²) in [7, 11) is 1.48. The van der Waals surface area contributed by atoms with Gasteiger partial charge in [0.2, 0.25) is 5.91 Å². The highest BCUT2D eigenvalue weighted by Gasteiger charge is 2.13. The highest BCUT2D eigenvalue weighted by Crippen LogP contribution is 2.28. The Morgan fingerprint density at radius 1 is 1.23 bits per heavy atom. The van der Waals surface area contributed by atoms with Gasteiger partial charge >= 0.3 is 0 Å². The van der Waals surface area contributed by atoms with E-state index < -0.39 is 5.91 Å². The van der Waals surface area contributed by atoms with Crippen molar-refractivity contribution in [1.82, 2.24) is 9.55 Å². The Morgan fingerprint density at radius 3 is 2.67 bits per heavy atom. The first-order valence-electron chi connectivity index (χ1n) is 8.98. The molecule has 0 spiro atoms. The number of hydrogen-bond acceptors (Lipinski definition) is 5. The molecule has 0 saturated heterocycles. The zero-order chi connectivity index (χ0) is 21.8.